The van der Waals surface area contributed by atoms with Gasteiger partial charge in [0.25, 0.3) is 5.91 Å². The second-order valence-electron chi connectivity index (χ2n) is 4.54. The predicted octanol–water partition coefficient (Wildman–Crippen LogP) is 4.73. The molecular weight excluding hydrogens is 335 g/mol. The molecule has 1 aromatic rings. The van der Waals surface area contributed by atoms with Gasteiger partial charge in [0.05, 0.1) is 11.1 Å². The third-order valence-corrected chi connectivity index (χ3v) is 3.94. The zero-order chi connectivity index (χ0) is 15.5. The minimum atomic E-state index is -4.46. The lowest BCUT2D eigenvalue weighted by molar-refractivity contribution is -0.137. The van der Waals surface area contributed by atoms with Crippen molar-refractivity contribution in [3.63, 3.8) is 0 Å². The highest BCUT2D eigenvalue weighted by atomic mass is 79.9. The maximum absolute atomic E-state index is 12.7. The minimum absolute atomic E-state index is 0.0195. The lowest BCUT2D eigenvalue weighted by Gasteiger charge is -2.28. The summed E-state index contributed by atoms with van der Waals surface area (Å²) in [6.45, 7) is 6.08. The van der Waals surface area contributed by atoms with Crippen molar-refractivity contribution in [1.82, 2.24) is 4.90 Å². The standard InChI is InChI=1S/C14H17BrF3NO/c1-4-9(3)19(5-2)13(20)11-8-10(14(16,17)18)6-7-12(11)15/h6-9H,4-5H2,1-3H3. The van der Waals surface area contributed by atoms with Crippen LogP contribution in [0.15, 0.2) is 22.7 Å². The molecule has 1 amide bonds. The molecule has 0 heterocycles. The van der Waals surface area contributed by atoms with E-state index in [1.807, 2.05) is 20.8 Å². The Labute approximate surface area is 125 Å². The molecule has 0 saturated heterocycles. The Morgan fingerprint density at radius 3 is 2.40 bits per heavy atom. The van der Waals surface area contributed by atoms with Crippen LogP contribution >= 0.6 is 15.9 Å². The first-order valence-electron chi connectivity index (χ1n) is 6.40. The summed E-state index contributed by atoms with van der Waals surface area (Å²) in [5, 5.41) is 0. The van der Waals surface area contributed by atoms with Crippen LogP contribution in [-0.4, -0.2) is 23.4 Å². The molecule has 2 nitrogen and oxygen atoms in total. The van der Waals surface area contributed by atoms with Gasteiger partial charge in [-0.2, -0.15) is 13.2 Å². The van der Waals surface area contributed by atoms with Crippen LogP contribution < -0.4 is 0 Å². The van der Waals surface area contributed by atoms with Gasteiger partial charge in [0, 0.05) is 17.1 Å². The maximum atomic E-state index is 12.7. The molecule has 6 heteroatoms. The van der Waals surface area contributed by atoms with Gasteiger partial charge < -0.3 is 4.90 Å². The largest absolute Gasteiger partial charge is 0.416 e. The monoisotopic (exact) mass is 351 g/mol. The van der Waals surface area contributed by atoms with Crippen molar-refractivity contribution >= 4 is 21.8 Å². The fourth-order valence-corrected chi connectivity index (χ4v) is 2.31. The number of alkyl halides is 3. The van der Waals surface area contributed by atoms with E-state index < -0.39 is 11.7 Å². The van der Waals surface area contributed by atoms with Gasteiger partial charge in [0.2, 0.25) is 0 Å². The van der Waals surface area contributed by atoms with Gasteiger partial charge in [0.15, 0.2) is 0 Å². The van der Waals surface area contributed by atoms with Gasteiger partial charge in [-0.3, -0.25) is 4.79 Å². The molecule has 0 aliphatic rings. The summed E-state index contributed by atoms with van der Waals surface area (Å²) in [5.74, 6) is -0.389. The molecule has 0 saturated carbocycles. The molecule has 0 aliphatic heterocycles. The highest BCUT2D eigenvalue weighted by molar-refractivity contribution is 9.10. The Morgan fingerprint density at radius 2 is 1.95 bits per heavy atom. The fourth-order valence-electron chi connectivity index (χ4n) is 1.90. The van der Waals surface area contributed by atoms with Crippen molar-refractivity contribution in [2.75, 3.05) is 6.54 Å². The van der Waals surface area contributed by atoms with Crippen molar-refractivity contribution in [1.29, 1.82) is 0 Å². The Balaban J connectivity index is 3.21. The normalized spacial score (nSPS) is 13.2. The van der Waals surface area contributed by atoms with E-state index in [2.05, 4.69) is 15.9 Å². The quantitative estimate of drug-likeness (QED) is 0.767. The molecule has 1 atom stereocenters. The molecule has 20 heavy (non-hydrogen) atoms. The van der Waals surface area contributed by atoms with Crippen LogP contribution in [0.3, 0.4) is 0 Å². The van der Waals surface area contributed by atoms with E-state index in [1.54, 1.807) is 4.90 Å². The Morgan fingerprint density at radius 1 is 1.35 bits per heavy atom. The molecular formula is C14H17BrF3NO. The summed E-state index contributed by atoms with van der Waals surface area (Å²) in [7, 11) is 0. The van der Waals surface area contributed by atoms with Gasteiger partial charge in [0.1, 0.15) is 0 Å². The molecule has 0 aromatic heterocycles. The third kappa shape index (κ3) is 3.75. The zero-order valence-electron chi connectivity index (χ0n) is 11.6. The van der Waals surface area contributed by atoms with Crippen molar-refractivity contribution in [3.8, 4) is 0 Å². The van der Waals surface area contributed by atoms with E-state index in [9.17, 15) is 18.0 Å². The average Bonchev–Trinajstić information content (AvgIpc) is 2.38. The van der Waals surface area contributed by atoms with Crippen LogP contribution in [0.2, 0.25) is 0 Å². The number of hydrogen-bond donors (Lipinski definition) is 0. The number of rotatable bonds is 4. The number of amides is 1. The summed E-state index contributed by atoms with van der Waals surface area (Å²) in [5.41, 5.74) is -0.772. The molecule has 0 fully saturated rings. The summed E-state index contributed by atoms with van der Waals surface area (Å²) in [4.78, 5) is 14.0. The lowest BCUT2D eigenvalue weighted by atomic mass is 10.1. The Hall–Kier alpha value is -1.04. The zero-order valence-corrected chi connectivity index (χ0v) is 13.2. The topological polar surface area (TPSA) is 20.3 Å². The summed E-state index contributed by atoms with van der Waals surface area (Å²) in [6.07, 6.45) is -3.71. The molecule has 1 unspecified atom stereocenters. The highest BCUT2D eigenvalue weighted by Crippen LogP contribution is 2.32. The van der Waals surface area contributed by atoms with Crippen LogP contribution in [-0.2, 0) is 6.18 Å². The highest BCUT2D eigenvalue weighted by Gasteiger charge is 2.32. The molecule has 1 aromatic carbocycles. The van der Waals surface area contributed by atoms with E-state index >= 15 is 0 Å². The van der Waals surface area contributed by atoms with Crippen molar-refractivity contribution in [3.05, 3.63) is 33.8 Å². The van der Waals surface area contributed by atoms with E-state index in [0.29, 0.717) is 11.0 Å². The Bertz CT molecular complexity index is 488. The van der Waals surface area contributed by atoms with Gasteiger partial charge in [-0.25, -0.2) is 0 Å². The van der Waals surface area contributed by atoms with Crippen LogP contribution in [0.25, 0.3) is 0 Å². The van der Waals surface area contributed by atoms with Crippen LogP contribution in [0.1, 0.15) is 43.1 Å². The summed E-state index contributed by atoms with van der Waals surface area (Å²) < 4.78 is 38.6. The first-order valence-corrected chi connectivity index (χ1v) is 7.19. The second kappa shape index (κ2) is 6.61. The lowest BCUT2D eigenvalue weighted by Crippen LogP contribution is -2.38. The van der Waals surface area contributed by atoms with E-state index in [1.165, 1.54) is 6.07 Å². The predicted molar refractivity (Wildman–Crippen MR) is 75.6 cm³/mol. The van der Waals surface area contributed by atoms with Crippen molar-refractivity contribution in [2.45, 2.75) is 39.4 Å². The van der Waals surface area contributed by atoms with E-state index in [-0.39, 0.29) is 17.5 Å². The average molecular weight is 352 g/mol. The molecule has 0 spiro atoms. The molecule has 0 radical (unpaired) electrons. The molecule has 0 bridgehead atoms. The Kier molecular flexibility index (Phi) is 5.62. The number of halogens is 4. The van der Waals surface area contributed by atoms with Crippen molar-refractivity contribution in [2.24, 2.45) is 0 Å². The fraction of sp³-hybridized carbons (Fsp3) is 0.500. The summed E-state index contributed by atoms with van der Waals surface area (Å²) >= 11 is 3.15. The molecule has 112 valence electrons. The first-order chi connectivity index (χ1) is 9.22. The van der Waals surface area contributed by atoms with Crippen LogP contribution in [0.4, 0.5) is 13.2 Å². The van der Waals surface area contributed by atoms with Gasteiger partial charge in [-0.15, -0.1) is 0 Å². The molecule has 1 rings (SSSR count). The number of benzene rings is 1. The van der Waals surface area contributed by atoms with Gasteiger partial charge in [-0.05, 0) is 54.4 Å². The van der Waals surface area contributed by atoms with E-state index in [4.69, 9.17) is 0 Å². The maximum Gasteiger partial charge on any atom is 0.416 e. The number of carbonyl (C=O) groups excluding carboxylic acids is 1. The van der Waals surface area contributed by atoms with Gasteiger partial charge >= 0.3 is 6.18 Å². The van der Waals surface area contributed by atoms with E-state index in [0.717, 1.165) is 18.6 Å². The van der Waals surface area contributed by atoms with Gasteiger partial charge in [-0.1, -0.05) is 6.92 Å². The smallest absolute Gasteiger partial charge is 0.336 e. The number of carbonyl (C=O) groups is 1. The molecule has 0 N–H and O–H groups in total. The summed E-state index contributed by atoms with van der Waals surface area (Å²) in [6, 6.07) is 3.10. The molecule has 0 aliphatic carbocycles. The second-order valence-corrected chi connectivity index (χ2v) is 5.40. The minimum Gasteiger partial charge on any atom is -0.336 e. The van der Waals surface area contributed by atoms with Crippen LogP contribution in [0.5, 0.6) is 0 Å². The first kappa shape index (κ1) is 17.0. The number of hydrogen-bond acceptors (Lipinski definition) is 1. The SMILES string of the molecule is CCC(C)N(CC)C(=O)c1cc(C(F)(F)F)ccc1Br. The number of nitrogens with zero attached hydrogens (tertiary/aromatic N) is 1. The third-order valence-electron chi connectivity index (χ3n) is 3.25. The van der Waals surface area contributed by atoms with Crippen molar-refractivity contribution < 1.29 is 18.0 Å². The van der Waals surface area contributed by atoms with Crippen LogP contribution in [0, 0.1) is 0 Å².